The molecule has 7 unspecified atom stereocenters. The van der Waals surface area contributed by atoms with E-state index in [2.05, 4.69) is 27.8 Å². The number of ether oxygens (including phenoxy) is 3. The quantitative estimate of drug-likeness (QED) is 0.127. The number of likely N-dealkylation sites (tertiary alicyclic amines) is 1. The number of nitrogens with one attached hydrogen (secondary N) is 3. The summed E-state index contributed by atoms with van der Waals surface area (Å²) in [6.07, 6.45) is 5.29. The average Bonchev–Trinajstić information content (AvgIpc) is 3.19. The second kappa shape index (κ2) is 17.6. The number of benzene rings is 4. The molecule has 4 N–H and O–H groups in total. The number of hydrogen-bond acceptors (Lipinski definition) is 7. The molecule has 10 heteroatoms. The lowest BCUT2D eigenvalue weighted by Crippen LogP contribution is -2.61. The molecule has 0 bridgehead atoms. The fraction of sp³-hybridized carbons (Fsp3) is 0.435. The number of amides is 3. The SMILES string of the molecule is CC1C(CN2C(C(=O)NC(C)(C)C)CCC3CCCCC32)OC(c2cccc(NC(=O)Nc3ccc(Oc4ccccc4)cc3)c2)OC1c1ccc(CO)cc1. The largest absolute Gasteiger partial charge is 0.457 e. The lowest BCUT2D eigenvalue weighted by molar-refractivity contribution is -0.278. The Morgan fingerprint density at radius 1 is 0.786 bits per heavy atom. The summed E-state index contributed by atoms with van der Waals surface area (Å²) >= 11 is 0. The lowest BCUT2D eigenvalue weighted by Gasteiger charge is -2.51. The van der Waals surface area contributed by atoms with Crippen molar-refractivity contribution in [3.63, 3.8) is 0 Å². The van der Waals surface area contributed by atoms with Crippen LogP contribution < -0.4 is 20.7 Å². The van der Waals surface area contributed by atoms with Crippen LogP contribution in [0.1, 0.15) is 95.3 Å². The van der Waals surface area contributed by atoms with Gasteiger partial charge in [-0.05, 0) is 112 Å². The number of para-hydroxylation sites is 1. The monoisotopic (exact) mass is 760 g/mol. The molecular weight excluding hydrogens is 705 g/mol. The zero-order valence-corrected chi connectivity index (χ0v) is 32.9. The van der Waals surface area contributed by atoms with Gasteiger partial charge in [-0.1, -0.05) is 74.4 Å². The molecular formula is C46H56N4O6. The van der Waals surface area contributed by atoms with E-state index in [1.165, 1.54) is 19.3 Å². The highest BCUT2D eigenvalue weighted by Crippen LogP contribution is 2.44. The number of fused-ring (bicyclic) bond motifs is 1. The number of carbonyl (C=O) groups is 2. The smallest absolute Gasteiger partial charge is 0.323 e. The normalized spacial score (nSPS) is 25.4. The Hall–Kier alpha value is -4.74. The molecule has 10 nitrogen and oxygen atoms in total. The number of hydrogen-bond donors (Lipinski definition) is 4. The maximum Gasteiger partial charge on any atom is 0.323 e. The number of piperidine rings is 1. The number of nitrogens with zero attached hydrogens (tertiary/aromatic N) is 1. The van der Waals surface area contributed by atoms with Crippen LogP contribution in [0.4, 0.5) is 16.2 Å². The van der Waals surface area contributed by atoms with Gasteiger partial charge < -0.3 is 35.3 Å². The van der Waals surface area contributed by atoms with Crippen molar-refractivity contribution in [2.24, 2.45) is 11.8 Å². The Morgan fingerprint density at radius 2 is 1.50 bits per heavy atom. The van der Waals surface area contributed by atoms with Crippen LogP contribution in [0.3, 0.4) is 0 Å². The minimum atomic E-state index is -0.727. The standard InChI is InChI=1S/C46H56N4O6/c1-30-41(28-50-39-16-9-8-11-32(39)21-26-40(50)43(52)49-46(2,3)4)55-44(56-42(30)33-19-17-31(29-51)18-20-33)34-12-10-13-36(27-34)48-45(53)47-35-22-24-38(25-23-35)54-37-14-6-5-7-15-37/h5-7,10,12-15,17-20,22-25,27,30,32,39-42,44,51H,8-9,11,16,21,26,28-29H2,1-4H3,(H,49,52)(H2,47,48,53). The fourth-order valence-corrected chi connectivity index (χ4v) is 8.55. The summed E-state index contributed by atoms with van der Waals surface area (Å²) in [5.41, 5.74) is 3.49. The summed E-state index contributed by atoms with van der Waals surface area (Å²) in [5.74, 6) is 2.02. The summed E-state index contributed by atoms with van der Waals surface area (Å²) in [6, 6.07) is 31.9. The number of anilines is 2. The molecule has 4 aromatic carbocycles. The summed E-state index contributed by atoms with van der Waals surface area (Å²) in [7, 11) is 0. The van der Waals surface area contributed by atoms with Gasteiger partial charge in [0.2, 0.25) is 5.91 Å². The predicted molar refractivity (Wildman–Crippen MR) is 218 cm³/mol. The molecule has 4 aromatic rings. The van der Waals surface area contributed by atoms with Crippen LogP contribution in [-0.4, -0.2) is 52.2 Å². The number of urea groups is 1. The highest BCUT2D eigenvalue weighted by atomic mass is 16.7. The van der Waals surface area contributed by atoms with Crippen molar-refractivity contribution in [1.82, 2.24) is 10.2 Å². The van der Waals surface area contributed by atoms with Gasteiger partial charge in [0.1, 0.15) is 11.5 Å². The van der Waals surface area contributed by atoms with Gasteiger partial charge >= 0.3 is 6.03 Å². The van der Waals surface area contributed by atoms with E-state index in [1.54, 1.807) is 12.1 Å². The first-order valence-corrected chi connectivity index (χ1v) is 20.1. The molecule has 1 saturated carbocycles. The molecule has 3 amide bonds. The molecule has 2 aliphatic heterocycles. The molecule has 0 radical (unpaired) electrons. The fourth-order valence-electron chi connectivity index (χ4n) is 8.55. The molecule has 2 saturated heterocycles. The number of aliphatic hydroxyl groups excluding tert-OH is 1. The number of aliphatic hydroxyl groups is 1. The molecule has 0 spiro atoms. The molecule has 2 heterocycles. The molecule has 296 valence electrons. The van der Waals surface area contributed by atoms with Gasteiger partial charge in [0, 0.05) is 41.0 Å². The maximum absolute atomic E-state index is 13.9. The van der Waals surface area contributed by atoms with E-state index >= 15 is 0 Å². The molecule has 3 fully saturated rings. The maximum atomic E-state index is 13.9. The Labute approximate surface area is 330 Å². The average molecular weight is 761 g/mol. The third-order valence-corrected chi connectivity index (χ3v) is 11.3. The van der Waals surface area contributed by atoms with E-state index in [4.69, 9.17) is 14.2 Å². The summed E-state index contributed by atoms with van der Waals surface area (Å²) < 4.78 is 19.6. The summed E-state index contributed by atoms with van der Waals surface area (Å²) in [4.78, 5) is 29.5. The van der Waals surface area contributed by atoms with Crippen molar-refractivity contribution in [2.75, 3.05) is 17.2 Å². The Balaban J connectivity index is 1.10. The highest BCUT2D eigenvalue weighted by molar-refractivity contribution is 5.99. The van der Waals surface area contributed by atoms with E-state index in [-0.39, 0.29) is 48.3 Å². The van der Waals surface area contributed by atoms with Crippen molar-refractivity contribution in [2.45, 2.75) is 109 Å². The first-order valence-electron chi connectivity index (χ1n) is 20.1. The van der Waals surface area contributed by atoms with Crippen molar-refractivity contribution < 1.29 is 28.9 Å². The molecule has 3 aliphatic rings. The van der Waals surface area contributed by atoms with Crippen LogP contribution in [0.2, 0.25) is 0 Å². The molecule has 7 atom stereocenters. The van der Waals surface area contributed by atoms with E-state index in [9.17, 15) is 14.7 Å². The zero-order valence-electron chi connectivity index (χ0n) is 32.9. The van der Waals surface area contributed by atoms with Gasteiger partial charge in [-0.15, -0.1) is 0 Å². The van der Waals surface area contributed by atoms with Crippen LogP contribution in [0.25, 0.3) is 0 Å². The first kappa shape index (κ1) is 39.5. The molecule has 56 heavy (non-hydrogen) atoms. The third-order valence-electron chi connectivity index (χ3n) is 11.3. The van der Waals surface area contributed by atoms with E-state index in [0.29, 0.717) is 35.6 Å². The van der Waals surface area contributed by atoms with Crippen LogP contribution in [0.5, 0.6) is 11.5 Å². The van der Waals surface area contributed by atoms with E-state index in [0.717, 1.165) is 41.7 Å². The van der Waals surface area contributed by atoms with Crippen LogP contribution in [0, 0.1) is 11.8 Å². The van der Waals surface area contributed by atoms with Crippen LogP contribution in [0.15, 0.2) is 103 Å². The van der Waals surface area contributed by atoms with Crippen LogP contribution in [-0.2, 0) is 20.9 Å². The summed E-state index contributed by atoms with van der Waals surface area (Å²) in [5, 5.41) is 18.9. The summed E-state index contributed by atoms with van der Waals surface area (Å²) in [6.45, 7) is 8.84. The Morgan fingerprint density at radius 3 is 2.23 bits per heavy atom. The predicted octanol–water partition coefficient (Wildman–Crippen LogP) is 9.34. The Kier molecular flexibility index (Phi) is 12.4. The minimum absolute atomic E-state index is 0.0351. The van der Waals surface area contributed by atoms with E-state index < -0.39 is 6.29 Å². The van der Waals surface area contributed by atoms with Gasteiger partial charge in [0.25, 0.3) is 0 Å². The molecule has 0 aromatic heterocycles. The first-order chi connectivity index (χ1) is 27.0. The third kappa shape index (κ3) is 9.79. The minimum Gasteiger partial charge on any atom is -0.457 e. The number of rotatable bonds is 10. The van der Waals surface area contributed by atoms with Crippen molar-refractivity contribution in [1.29, 1.82) is 0 Å². The zero-order chi connectivity index (χ0) is 39.2. The molecule has 7 rings (SSSR count). The number of carbonyl (C=O) groups excluding carboxylic acids is 2. The topological polar surface area (TPSA) is 121 Å². The van der Waals surface area contributed by atoms with Crippen molar-refractivity contribution >= 4 is 23.3 Å². The van der Waals surface area contributed by atoms with Gasteiger partial charge in [-0.3, -0.25) is 9.69 Å². The lowest BCUT2D eigenvalue weighted by atomic mass is 9.75. The second-order valence-corrected chi connectivity index (χ2v) is 16.6. The van der Waals surface area contributed by atoms with Crippen molar-refractivity contribution in [3.05, 3.63) is 120 Å². The highest BCUT2D eigenvalue weighted by Gasteiger charge is 2.46. The van der Waals surface area contributed by atoms with Crippen LogP contribution >= 0.6 is 0 Å². The Bertz CT molecular complexity index is 1910. The van der Waals surface area contributed by atoms with Gasteiger partial charge in [-0.25, -0.2) is 4.79 Å². The van der Waals surface area contributed by atoms with Gasteiger partial charge in [-0.2, -0.15) is 0 Å². The molecule has 1 aliphatic carbocycles. The van der Waals surface area contributed by atoms with Gasteiger partial charge in [0.05, 0.1) is 24.9 Å². The van der Waals surface area contributed by atoms with Gasteiger partial charge in [0.15, 0.2) is 6.29 Å². The van der Waals surface area contributed by atoms with E-state index in [1.807, 2.05) is 112 Å². The second-order valence-electron chi connectivity index (χ2n) is 16.6. The van der Waals surface area contributed by atoms with Crippen molar-refractivity contribution in [3.8, 4) is 11.5 Å².